The van der Waals surface area contributed by atoms with E-state index in [4.69, 9.17) is 4.74 Å². The van der Waals surface area contributed by atoms with Gasteiger partial charge in [0.15, 0.2) is 0 Å². The van der Waals surface area contributed by atoms with Crippen molar-refractivity contribution in [3.63, 3.8) is 0 Å². The Balaban J connectivity index is 0.000000810. The first-order valence-corrected chi connectivity index (χ1v) is 3.65. The van der Waals surface area contributed by atoms with Crippen LogP contribution in [0.25, 0.3) is 0 Å². The molecule has 0 unspecified atom stereocenters. The molecule has 0 aliphatic carbocycles. The van der Waals surface area contributed by atoms with Crippen LogP contribution in [0.15, 0.2) is 0 Å². The molecule has 0 atom stereocenters. The Morgan fingerprint density at radius 1 is 1.20 bits per heavy atom. The molecule has 0 aromatic heterocycles. The molecule has 0 spiro atoms. The van der Waals surface area contributed by atoms with E-state index in [0.717, 1.165) is 6.73 Å². The van der Waals surface area contributed by atoms with Gasteiger partial charge in [-0.1, -0.05) is 13.8 Å². The van der Waals surface area contributed by atoms with Gasteiger partial charge in [0.05, 0.1) is 6.73 Å². The van der Waals surface area contributed by atoms with Gasteiger partial charge in [0.2, 0.25) is 0 Å². The Labute approximate surface area is 64.2 Å². The summed E-state index contributed by atoms with van der Waals surface area (Å²) in [6, 6.07) is 0. The zero-order valence-electron chi connectivity index (χ0n) is 6.10. The lowest BCUT2D eigenvalue weighted by Gasteiger charge is -2.24. The van der Waals surface area contributed by atoms with Gasteiger partial charge in [0.1, 0.15) is 0 Å². The van der Waals surface area contributed by atoms with Gasteiger partial charge < -0.3 is 4.74 Å². The van der Waals surface area contributed by atoms with E-state index in [0.29, 0.717) is 0 Å². The summed E-state index contributed by atoms with van der Waals surface area (Å²) in [7, 11) is 1.76. The summed E-state index contributed by atoms with van der Waals surface area (Å²) in [6.07, 6.45) is 4.10. The van der Waals surface area contributed by atoms with E-state index in [1.165, 1.54) is 32.4 Å². The Morgan fingerprint density at radius 3 is 2.30 bits per heavy atom. The van der Waals surface area contributed by atoms with Gasteiger partial charge in [-0.05, 0) is 12.8 Å². The van der Waals surface area contributed by atoms with Gasteiger partial charge in [-0.25, -0.2) is 0 Å². The van der Waals surface area contributed by atoms with Crippen LogP contribution >= 0.6 is 0 Å². The first-order chi connectivity index (χ1) is 4.43. The Hall–Kier alpha value is -0.0800. The third-order valence-corrected chi connectivity index (χ3v) is 1.76. The maximum Gasteiger partial charge on any atom is 0.0986 e. The number of hydrogen-bond donors (Lipinski definition) is 0. The van der Waals surface area contributed by atoms with E-state index >= 15 is 0 Å². The van der Waals surface area contributed by atoms with Crippen LogP contribution in [0, 0.1) is 0 Å². The minimum absolute atomic E-state index is 0. The fourth-order valence-corrected chi connectivity index (χ4v) is 1.27. The van der Waals surface area contributed by atoms with Crippen molar-refractivity contribution >= 4 is 0 Å². The van der Waals surface area contributed by atoms with Crippen molar-refractivity contribution in [3.8, 4) is 0 Å². The van der Waals surface area contributed by atoms with Crippen molar-refractivity contribution in [3.05, 3.63) is 0 Å². The van der Waals surface area contributed by atoms with Crippen molar-refractivity contribution in [2.75, 3.05) is 26.9 Å². The van der Waals surface area contributed by atoms with Crippen LogP contribution in [-0.4, -0.2) is 31.8 Å². The van der Waals surface area contributed by atoms with E-state index in [1.54, 1.807) is 7.11 Å². The Morgan fingerprint density at radius 2 is 1.80 bits per heavy atom. The molecule has 0 N–H and O–H groups in total. The van der Waals surface area contributed by atoms with Gasteiger partial charge in [-0.2, -0.15) is 0 Å². The van der Waals surface area contributed by atoms with E-state index in [-0.39, 0.29) is 7.43 Å². The normalized spacial score (nSPS) is 20.1. The van der Waals surface area contributed by atoms with Crippen LogP contribution in [0.2, 0.25) is 0 Å². The van der Waals surface area contributed by atoms with Crippen molar-refractivity contribution in [2.24, 2.45) is 0 Å². The van der Waals surface area contributed by atoms with Crippen LogP contribution in [0.3, 0.4) is 0 Å². The molecule has 0 radical (unpaired) electrons. The molecule has 0 amide bonds. The van der Waals surface area contributed by atoms with E-state index in [2.05, 4.69) is 4.90 Å². The highest BCUT2D eigenvalue weighted by molar-refractivity contribution is 4.60. The summed E-state index contributed by atoms with van der Waals surface area (Å²) in [4.78, 5) is 2.35. The first-order valence-electron chi connectivity index (χ1n) is 3.65. The van der Waals surface area contributed by atoms with Crippen molar-refractivity contribution in [1.29, 1.82) is 0 Å². The van der Waals surface area contributed by atoms with Gasteiger partial charge in [-0.3, -0.25) is 4.90 Å². The number of piperidine rings is 1. The molecule has 0 bridgehead atoms. The predicted molar refractivity (Wildman–Crippen MR) is 44.0 cm³/mol. The Bertz CT molecular complexity index is 66.9. The summed E-state index contributed by atoms with van der Waals surface area (Å²) in [5.74, 6) is 0. The maximum atomic E-state index is 5.01. The molecule has 0 aromatic carbocycles. The highest BCUT2D eigenvalue weighted by atomic mass is 16.5. The second kappa shape index (κ2) is 5.69. The number of ether oxygens (including phenoxy) is 1. The fourth-order valence-electron chi connectivity index (χ4n) is 1.27. The van der Waals surface area contributed by atoms with Gasteiger partial charge in [0.25, 0.3) is 0 Å². The molecule has 1 saturated heterocycles. The Kier molecular flexibility index (Phi) is 5.64. The second-order valence-electron chi connectivity index (χ2n) is 2.60. The zero-order chi connectivity index (χ0) is 6.53. The average Bonchev–Trinajstić information content (AvgIpc) is 1.91. The molecule has 1 aliphatic rings. The summed E-state index contributed by atoms with van der Waals surface area (Å²) < 4.78 is 5.01. The number of methoxy groups -OCH3 is 1. The van der Waals surface area contributed by atoms with Crippen molar-refractivity contribution in [2.45, 2.75) is 26.7 Å². The molecule has 0 saturated carbocycles. The molecule has 1 aliphatic heterocycles. The third-order valence-electron chi connectivity index (χ3n) is 1.76. The summed E-state index contributed by atoms with van der Waals surface area (Å²) in [5, 5.41) is 0. The average molecular weight is 145 g/mol. The highest BCUT2D eigenvalue weighted by Crippen LogP contribution is 2.07. The molecular formula is C8H19NO. The number of hydrogen-bond acceptors (Lipinski definition) is 2. The highest BCUT2D eigenvalue weighted by Gasteiger charge is 2.07. The monoisotopic (exact) mass is 145 g/mol. The SMILES string of the molecule is C.COCN1CCCCC1. The van der Waals surface area contributed by atoms with Crippen LogP contribution in [0.1, 0.15) is 26.7 Å². The van der Waals surface area contributed by atoms with Gasteiger partial charge in [0, 0.05) is 20.2 Å². The van der Waals surface area contributed by atoms with Gasteiger partial charge in [-0.15, -0.1) is 0 Å². The third kappa shape index (κ3) is 3.18. The van der Waals surface area contributed by atoms with Crippen LogP contribution < -0.4 is 0 Å². The lowest BCUT2D eigenvalue weighted by Crippen LogP contribution is -2.31. The van der Waals surface area contributed by atoms with Crippen molar-refractivity contribution in [1.82, 2.24) is 4.90 Å². The van der Waals surface area contributed by atoms with Crippen LogP contribution in [0.4, 0.5) is 0 Å². The molecule has 10 heavy (non-hydrogen) atoms. The molecule has 2 heteroatoms. The number of likely N-dealkylation sites (tertiary alicyclic amines) is 1. The van der Waals surface area contributed by atoms with E-state index in [9.17, 15) is 0 Å². The number of rotatable bonds is 2. The zero-order valence-corrected chi connectivity index (χ0v) is 6.10. The summed E-state index contributed by atoms with van der Waals surface area (Å²) >= 11 is 0. The van der Waals surface area contributed by atoms with Crippen LogP contribution in [0.5, 0.6) is 0 Å². The first kappa shape index (κ1) is 9.92. The minimum atomic E-state index is 0. The smallest absolute Gasteiger partial charge is 0.0986 e. The lowest BCUT2D eigenvalue weighted by atomic mass is 10.1. The van der Waals surface area contributed by atoms with Crippen molar-refractivity contribution < 1.29 is 4.74 Å². The molecule has 2 nitrogen and oxygen atoms in total. The standard InChI is InChI=1S/C7H15NO.CH4/c1-9-7-8-5-3-2-4-6-8;/h2-7H2,1H3;1H4. The summed E-state index contributed by atoms with van der Waals surface area (Å²) in [5.41, 5.74) is 0. The molecule has 1 heterocycles. The molecule has 1 fully saturated rings. The lowest BCUT2D eigenvalue weighted by molar-refractivity contribution is 0.0507. The van der Waals surface area contributed by atoms with Crippen LogP contribution in [-0.2, 0) is 4.74 Å². The minimum Gasteiger partial charge on any atom is -0.369 e. The quantitative estimate of drug-likeness (QED) is 0.586. The predicted octanol–water partition coefficient (Wildman–Crippen LogP) is 1.71. The maximum absolute atomic E-state index is 5.01. The second-order valence-corrected chi connectivity index (χ2v) is 2.60. The molecule has 0 aromatic rings. The molecular weight excluding hydrogens is 126 g/mol. The largest absolute Gasteiger partial charge is 0.369 e. The van der Waals surface area contributed by atoms with E-state index < -0.39 is 0 Å². The summed E-state index contributed by atoms with van der Waals surface area (Å²) in [6.45, 7) is 3.28. The van der Waals surface area contributed by atoms with E-state index in [1.807, 2.05) is 0 Å². The van der Waals surface area contributed by atoms with Gasteiger partial charge >= 0.3 is 0 Å². The fraction of sp³-hybridized carbons (Fsp3) is 1.00. The number of nitrogens with zero attached hydrogens (tertiary/aromatic N) is 1. The topological polar surface area (TPSA) is 12.5 Å². The molecule has 1 rings (SSSR count). The molecule has 62 valence electrons.